The Balaban J connectivity index is 1.86. The van der Waals surface area contributed by atoms with Crippen LogP contribution in [0, 0.1) is 5.82 Å². The van der Waals surface area contributed by atoms with Gasteiger partial charge in [-0.25, -0.2) is 14.6 Å². The van der Waals surface area contributed by atoms with Crippen LogP contribution in [-0.2, 0) is 4.74 Å². The third-order valence-electron chi connectivity index (χ3n) is 3.41. The van der Waals surface area contributed by atoms with E-state index < -0.39 is 17.5 Å². The SMILES string of the molecule is CC(C)(C)OC(=O)NNc1cc2[nH]ncc2cc1Oc1ccc(N)cc1F. The molecule has 0 bridgehead atoms. The first kappa shape index (κ1) is 18.3. The number of ether oxygens (including phenoxy) is 2. The number of H-pyrrole nitrogens is 1. The maximum Gasteiger partial charge on any atom is 0.426 e. The van der Waals surface area contributed by atoms with Crippen molar-refractivity contribution in [1.29, 1.82) is 0 Å². The van der Waals surface area contributed by atoms with E-state index in [-0.39, 0.29) is 17.2 Å². The summed E-state index contributed by atoms with van der Waals surface area (Å²) in [4.78, 5) is 11.9. The molecule has 8 nitrogen and oxygen atoms in total. The maximum absolute atomic E-state index is 14.1. The number of aromatic amines is 1. The molecule has 5 N–H and O–H groups in total. The molecule has 3 rings (SSSR count). The summed E-state index contributed by atoms with van der Waals surface area (Å²) in [6.45, 7) is 5.25. The number of carbonyl (C=O) groups is 1. The highest BCUT2D eigenvalue weighted by molar-refractivity contribution is 5.86. The van der Waals surface area contributed by atoms with Crippen LogP contribution in [0.25, 0.3) is 10.9 Å². The zero-order valence-corrected chi connectivity index (χ0v) is 15.1. The molecule has 0 aliphatic carbocycles. The Morgan fingerprint density at radius 1 is 1.22 bits per heavy atom. The van der Waals surface area contributed by atoms with Crippen molar-refractivity contribution in [2.45, 2.75) is 26.4 Å². The van der Waals surface area contributed by atoms with E-state index in [0.29, 0.717) is 11.2 Å². The van der Waals surface area contributed by atoms with Gasteiger partial charge < -0.3 is 15.2 Å². The first-order chi connectivity index (χ1) is 12.7. The predicted octanol–water partition coefficient (Wildman–Crippen LogP) is 3.93. The topological polar surface area (TPSA) is 114 Å². The fourth-order valence-electron chi connectivity index (χ4n) is 2.29. The number of fused-ring (bicyclic) bond motifs is 1. The third kappa shape index (κ3) is 4.57. The summed E-state index contributed by atoms with van der Waals surface area (Å²) in [5.74, 6) is -0.329. The number of benzene rings is 2. The molecule has 1 aromatic heterocycles. The van der Waals surface area contributed by atoms with Crippen LogP contribution >= 0.6 is 0 Å². The number of hydrazine groups is 1. The number of amides is 1. The van der Waals surface area contributed by atoms with E-state index in [0.717, 1.165) is 11.5 Å². The van der Waals surface area contributed by atoms with Gasteiger partial charge in [0, 0.05) is 17.1 Å². The quantitative estimate of drug-likeness (QED) is 0.407. The minimum Gasteiger partial charge on any atom is -0.452 e. The van der Waals surface area contributed by atoms with Gasteiger partial charge in [-0.3, -0.25) is 10.5 Å². The van der Waals surface area contributed by atoms with Gasteiger partial charge in [0.1, 0.15) is 5.60 Å². The molecule has 0 fully saturated rings. The van der Waals surface area contributed by atoms with Crippen molar-refractivity contribution >= 4 is 28.4 Å². The Hall–Kier alpha value is -3.49. The number of aromatic nitrogens is 2. The molecule has 0 saturated heterocycles. The smallest absolute Gasteiger partial charge is 0.426 e. The first-order valence-electron chi connectivity index (χ1n) is 8.16. The normalized spacial score (nSPS) is 11.3. The Morgan fingerprint density at radius 2 is 2.00 bits per heavy atom. The molecule has 27 heavy (non-hydrogen) atoms. The van der Waals surface area contributed by atoms with Crippen molar-refractivity contribution in [3.05, 3.63) is 42.3 Å². The van der Waals surface area contributed by atoms with Gasteiger partial charge in [-0.2, -0.15) is 5.10 Å². The number of anilines is 2. The monoisotopic (exact) mass is 373 g/mol. The largest absolute Gasteiger partial charge is 0.452 e. The van der Waals surface area contributed by atoms with E-state index >= 15 is 0 Å². The van der Waals surface area contributed by atoms with Crippen molar-refractivity contribution in [3.8, 4) is 11.5 Å². The first-order valence-corrected chi connectivity index (χ1v) is 8.16. The number of rotatable bonds is 4. The highest BCUT2D eigenvalue weighted by Crippen LogP contribution is 2.34. The number of nitrogens with one attached hydrogen (secondary N) is 3. The highest BCUT2D eigenvalue weighted by Gasteiger charge is 2.17. The van der Waals surface area contributed by atoms with E-state index in [1.807, 2.05) is 0 Å². The van der Waals surface area contributed by atoms with E-state index in [1.165, 1.54) is 12.1 Å². The van der Waals surface area contributed by atoms with Crippen LogP contribution in [0.5, 0.6) is 11.5 Å². The number of hydrogen-bond acceptors (Lipinski definition) is 6. The average Bonchev–Trinajstić information content (AvgIpc) is 3.00. The van der Waals surface area contributed by atoms with Gasteiger partial charge in [-0.05, 0) is 45.0 Å². The third-order valence-corrected chi connectivity index (χ3v) is 3.41. The lowest BCUT2D eigenvalue weighted by Crippen LogP contribution is -2.35. The second kappa shape index (κ2) is 7.02. The van der Waals surface area contributed by atoms with Gasteiger partial charge in [0.05, 0.1) is 17.4 Å². The molecule has 0 spiro atoms. The Kier molecular flexibility index (Phi) is 4.76. The second-order valence-electron chi connectivity index (χ2n) is 6.85. The standard InChI is InChI=1S/C18H20FN5O3/c1-18(2,3)27-17(25)24-23-14-8-13-10(9-21-22-13)6-16(14)26-15-5-4-11(20)7-12(15)19/h4-9,23H,20H2,1-3H3,(H,21,22)(H,24,25). The molecule has 0 unspecified atom stereocenters. The molecule has 2 aromatic carbocycles. The molecule has 142 valence electrons. The van der Waals surface area contributed by atoms with Gasteiger partial charge in [0.15, 0.2) is 17.3 Å². The summed E-state index contributed by atoms with van der Waals surface area (Å²) in [5, 5.41) is 7.52. The van der Waals surface area contributed by atoms with E-state index in [4.69, 9.17) is 15.2 Å². The number of hydrogen-bond donors (Lipinski definition) is 4. The molecule has 1 heterocycles. The highest BCUT2D eigenvalue weighted by atomic mass is 19.1. The molecule has 1 amide bonds. The molecule has 0 aliphatic heterocycles. The molecule has 0 atom stereocenters. The molecule has 9 heteroatoms. The number of carbonyl (C=O) groups excluding carboxylic acids is 1. The molecular weight excluding hydrogens is 353 g/mol. The zero-order valence-electron chi connectivity index (χ0n) is 15.1. The summed E-state index contributed by atoms with van der Waals surface area (Å²) >= 11 is 0. The van der Waals surface area contributed by atoms with Crippen LogP contribution in [0.2, 0.25) is 0 Å². The van der Waals surface area contributed by atoms with Crippen LogP contribution in [-0.4, -0.2) is 21.9 Å². The summed E-state index contributed by atoms with van der Waals surface area (Å²) < 4.78 is 24.9. The van der Waals surface area contributed by atoms with Gasteiger partial charge in [0.2, 0.25) is 0 Å². The summed E-state index contributed by atoms with van der Waals surface area (Å²) in [6.07, 6.45) is 0.934. The van der Waals surface area contributed by atoms with Crippen LogP contribution in [0.4, 0.5) is 20.6 Å². The second-order valence-corrected chi connectivity index (χ2v) is 6.85. The van der Waals surface area contributed by atoms with Crippen LogP contribution in [0.15, 0.2) is 36.5 Å². The van der Waals surface area contributed by atoms with Crippen molar-refractivity contribution in [3.63, 3.8) is 0 Å². The summed E-state index contributed by atoms with van der Waals surface area (Å²) in [5.41, 5.74) is 11.4. The van der Waals surface area contributed by atoms with Crippen LogP contribution in [0.1, 0.15) is 20.8 Å². The number of nitrogens with zero attached hydrogens (tertiary/aromatic N) is 1. The Bertz CT molecular complexity index is 981. The van der Waals surface area contributed by atoms with Gasteiger partial charge in [0.25, 0.3) is 0 Å². The lowest BCUT2D eigenvalue weighted by molar-refractivity contribution is 0.0541. The van der Waals surface area contributed by atoms with Crippen LogP contribution in [0.3, 0.4) is 0 Å². The van der Waals surface area contributed by atoms with Gasteiger partial charge >= 0.3 is 6.09 Å². The van der Waals surface area contributed by atoms with Crippen molar-refractivity contribution < 1.29 is 18.7 Å². The van der Waals surface area contributed by atoms with Crippen molar-refractivity contribution in [2.75, 3.05) is 11.2 Å². The van der Waals surface area contributed by atoms with Crippen molar-refractivity contribution in [1.82, 2.24) is 15.6 Å². The number of halogens is 1. The lowest BCUT2D eigenvalue weighted by Gasteiger charge is -2.20. The minimum absolute atomic E-state index is 0.00707. The average molecular weight is 373 g/mol. The number of nitrogen functional groups attached to an aromatic ring is 1. The Labute approximate surface area is 154 Å². The van der Waals surface area contributed by atoms with Gasteiger partial charge in [-0.1, -0.05) is 0 Å². The predicted molar refractivity (Wildman–Crippen MR) is 100.0 cm³/mol. The zero-order chi connectivity index (χ0) is 19.6. The molecule has 0 aliphatic rings. The fourth-order valence-corrected chi connectivity index (χ4v) is 2.29. The molecule has 0 saturated carbocycles. The maximum atomic E-state index is 14.1. The van der Waals surface area contributed by atoms with E-state index in [2.05, 4.69) is 21.0 Å². The molecular formula is C18H20FN5O3. The molecule has 0 radical (unpaired) electrons. The van der Waals surface area contributed by atoms with Gasteiger partial charge in [-0.15, -0.1) is 0 Å². The van der Waals surface area contributed by atoms with Crippen molar-refractivity contribution in [2.24, 2.45) is 0 Å². The molecule has 3 aromatic rings. The lowest BCUT2D eigenvalue weighted by atomic mass is 10.2. The minimum atomic E-state index is -0.670. The van der Waals surface area contributed by atoms with E-state index in [1.54, 1.807) is 39.1 Å². The van der Waals surface area contributed by atoms with Crippen LogP contribution < -0.4 is 21.3 Å². The van der Waals surface area contributed by atoms with E-state index in [9.17, 15) is 9.18 Å². The fraction of sp³-hybridized carbons (Fsp3) is 0.222. The summed E-state index contributed by atoms with van der Waals surface area (Å²) in [6, 6.07) is 7.45. The number of nitrogens with two attached hydrogens (primary N) is 1. The Morgan fingerprint density at radius 3 is 2.70 bits per heavy atom. The summed E-state index contributed by atoms with van der Waals surface area (Å²) in [7, 11) is 0.